The van der Waals surface area contributed by atoms with Gasteiger partial charge in [0.15, 0.2) is 0 Å². The molecule has 0 spiro atoms. The first-order valence-electron chi connectivity index (χ1n) is 4.85. The minimum atomic E-state index is 0.0526. The molecule has 0 unspecified atom stereocenters. The molecule has 0 bridgehead atoms. The molecule has 0 radical (unpaired) electrons. The van der Waals surface area contributed by atoms with Crippen molar-refractivity contribution in [3.05, 3.63) is 29.3 Å². The van der Waals surface area contributed by atoms with E-state index in [4.69, 9.17) is 17.3 Å². The normalized spacial score (nSPS) is 17.9. The van der Waals surface area contributed by atoms with Crippen LogP contribution in [-0.4, -0.2) is 19.1 Å². The van der Waals surface area contributed by atoms with E-state index in [0.717, 1.165) is 30.1 Å². The third-order valence-corrected chi connectivity index (χ3v) is 2.93. The Balaban J connectivity index is 2.06. The highest BCUT2D eigenvalue weighted by molar-refractivity contribution is 6.30. The van der Waals surface area contributed by atoms with Crippen LogP contribution in [0.25, 0.3) is 0 Å². The third-order valence-electron chi connectivity index (χ3n) is 2.69. The molecule has 3 heteroatoms. The molecule has 0 saturated heterocycles. The van der Waals surface area contributed by atoms with Crippen molar-refractivity contribution in [2.75, 3.05) is 18.5 Å². The van der Waals surface area contributed by atoms with Crippen molar-refractivity contribution in [1.29, 1.82) is 0 Å². The largest absolute Gasteiger partial charge is 0.373 e. The zero-order chi connectivity index (χ0) is 10.2. The van der Waals surface area contributed by atoms with Crippen LogP contribution in [0, 0.1) is 0 Å². The SMILES string of the molecule is CN(CC1(N)CC1)c1cccc(Cl)c1. The molecule has 0 atom stereocenters. The van der Waals surface area contributed by atoms with Crippen molar-refractivity contribution < 1.29 is 0 Å². The van der Waals surface area contributed by atoms with Crippen molar-refractivity contribution in [1.82, 2.24) is 0 Å². The van der Waals surface area contributed by atoms with Crippen LogP contribution in [-0.2, 0) is 0 Å². The van der Waals surface area contributed by atoms with Crippen LogP contribution in [0.3, 0.4) is 0 Å². The summed E-state index contributed by atoms with van der Waals surface area (Å²) in [6.07, 6.45) is 2.27. The highest BCUT2D eigenvalue weighted by atomic mass is 35.5. The lowest BCUT2D eigenvalue weighted by Crippen LogP contribution is -2.37. The van der Waals surface area contributed by atoms with Gasteiger partial charge in [0.2, 0.25) is 0 Å². The number of rotatable bonds is 3. The molecule has 1 saturated carbocycles. The van der Waals surface area contributed by atoms with Crippen LogP contribution in [0.4, 0.5) is 5.69 Å². The summed E-state index contributed by atoms with van der Waals surface area (Å²) in [5.74, 6) is 0. The van der Waals surface area contributed by atoms with Crippen LogP contribution in [0.5, 0.6) is 0 Å². The van der Waals surface area contributed by atoms with E-state index in [0.29, 0.717) is 0 Å². The molecule has 2 rings (SSSR count). The number of anilines is 1. The van der Waals surface area contributed by atoms with Gasteiger partial charge in [0.25, 0.3) is 0 Å². The fourth-order valence-corrected chi connectivity index (χ4v) is 1.78. The second-order valence-corrected chi connectivity index (χ2v) is 4.63. The molecule has 0 amide bonds. The van der Waals surface area contributed by atoms with Crippen LogP contribution in [0.15, 0.2) is 24.3 Å². The first-order valence-corrected chi connectivity index (χ1v) is 5.22. The van der Waals surface area contributed by atoms with Gasteiger partial charge in [0, 0.05) is 29.8 Å². The van der Waals surface area contributed by atoms with Crippen LogP contribution in [0.1, 0.15) is 12.8 Å². The Morgan fingerprint density at radius 1 is 1.50 bits per heavy atom. The van der Waals surface area contributed by atoms with Gasteiger partial charge in [0.05, 0.1) is 0 Å². The van der Waals surface area contributed by atoms with Gasteiger partial charge in [-0.1, -0.05) is 17.7 Å². The van der Waals surface area contributed by atoms with Crippen molar-refractivity contribution in [2.24, 2.45) is 5.73 Å². The van der Waals surface area contributed by atoms with Crippen LogP contribution < -0.4 is 10.6 Å². The molecule has 0 heterocycles. The minimum absolute atomic E-state index is 0.0526. The Morgan fingerprint density at radius 2 is 2.21 bits per heavy atom. The Bertz CT molecular complexity index is 334. The van der Waals surface area contributed by atoms with Gasteiger partial charge in [-0.25, -0.2) is 0 Å². The zero-order valence-corrected chi connectivity index (χ0v) is 9.09. The molecule has 2 N–H and O–H groups in total. The smallest absolute Gasteiger partial charge is 0.0426 e. The van der Waals surface area contributed by atoms with E-state index in [1.165, 1.54) is 0 Å². The first kappa shape index (κ1) is 9.81. The van der Waals surface area contributed by atoms with E-state index in [9.17, 15) is 0 Å². The number of likely N-dealkylation sites (N-methyl/N-ethyl adjacent to an activating group) is 1. The quantitative estimate of drug-likeness (QED) is 0.830. The molecule has 1 fully saturated rings. The van der Waals surface area contributed by atoms with Crippen molar-refractivity contribution in [2.45, 2.75) is 18.4 Å². The fraction of sp³-hybridized carbons (Fsp3) is 0.455. The average Bonchev–Trinajstić information content (AvgIpc) is 2.83. The van der Waals surface area contributed by atoms with E-state index in [1.54, 1.807) is 0 Å². The molecule has 1 aliphatic rings. The number of nitrogens with zero attached hydrogens (tertiary/aromatic N) is 1. The zero-order valence-electron chi connectivity index (χ0n) is 8.33. The van der Waals surface area contributed by atoms with Gasteiger partial charge in [0.1, 0.15) is 0 Å². The summed E-state index contributed by atoms with van der Waals surface area (Å²) in [4.78, 5) is 2.17. The lowest BCUT2D eigenvalue weighted by Gasteiger charge is -2.23. The number of hydrogen-bond donors (Lipinski definition) is 1. The second-order valence-electron chi connectivity index (χ2n) is 4.20. The van der Waals surface area contributed by atoms with E-state index in [2.05, 4.69) is 18.0 Å². The van der Waals surface area contributed by atoms with E-state index in [-0.39, 0.29) is 5.54 Å². The molecule has 1 aromatic carbocycles. The van der Waals surface area contributed by atoms with Gasteiger partial charge in [-0.05, 0) is 31.0 Å². The molecular weight excluding hydrogens is 196 g/mol. The van der Waals surface area contributed by atoms with Gasteiger partial charge < -0.3 is 10.6 Å². The molecular formula is C11H15ClN2. The van der Waals surface area contributed by atoms with E-state index >= 15 is 0 Å². The number of benzene rings is 1. The predicted octanol–water partition coefficient (Wildman–Crippen LogP) is 2.27. The van der Waals surface area contributed by atoms with Crippen LogP contribution in [0.2, 0.25) is 5.02 Å². The monoisotopic (exact) mass is 210 g/mol. The van der Waals surface area contributed by atoms with Gasteiger partial charge >= 0.3 is 0 Å². The minimum Gasteiger partial charge on any atom is -0.373 e. The third kappa shape index (κ3) is 2.20. The molecule has 2 nitrogen and oxygen atoms in total. The topological polar surface area (TPSA) is 29.3 Å². The first-order chi connectivity index (χ1) is 6.59. The van der Waals surface area contributed by atoms with Crippen LogP contribution >= 0.6 is 11.6 Å². The maximum atomic E-state index is 6.05. The highest BCUT2D eigenvalue weighted by Gasteiger charge is 2.39. The molecule has 0 aromatic heterocycles. The van der Waals surface area contributed by atoms with Gasteiger partial charge in [-0.15, -0.1) is 0 Å². The van der Waals surface area contributed by atoms with Gasteiger partial charge in [-0.2, -0.15) is 0 Å². The molecule has 1 aromatic rings. The maximum Gasteiger partial charge on any atom is 0.0426 e. The summed E-state index contributed by atoms with van der Waals surface area (Å²) < 4.78 is 0. The Labute approximate surface area is 89.7 Å². The summed E-state index contributed by atoms with van der Waals surface area (Å²) in [6.45, 7) is 0.910. The highest BCUT2D eigenvalue weighted by Crippen LogP contribution is 2.34. The maximum absolute atomic E-state index is 6.05. The predicted molar refractivity (Wildman–Crippen MR) is 60.9 cm³/mol. The Hall–Kier alpha value is -0.730. The lowest BCUT2D eigenvalue weighted by atomic mass is 10.2. The summed E-state index contributed by atoms with van der Waals surface area (Å²) in [5.41, 5.74) is 7.23. The summed E-state index contributed by atoms with van der Waals surface area (Å²) in [7, 11) is 2.05. The second kappa shape index (κ2) is 3.44. The number of halogens is 1. The molecule has 14 heavy (non-hydrogen) atoms. The molecule has 1 aliphatic carbocycles. The summed E-state index contributed by atoms with van der Waals surface area (Å²) in [6, 6.07) is 7.86. The van der Waals surface area contributed by atoms with Crippen molar-refractivity contribution in [3.8, 4) is 0 Å². The Morgan fingerprint density at radius 3 is 2.79 bits per heavy atom. The van der Waals surface area contributed by atoms with E-state index in [1.807, 2.05) is 18.2 Å². The fourth-order valence-electron chi connectivity index (χ4n) is 1.60. The van der Waals surface area contributed by atoms with E-state index < -0.39 is 0 Å². The lowest BCUT2D eigenvalue weighted by molar-refractivity contribution is 0.660. The van der Waals surface area contributed by atoms with Crippen molar-refractivity contribution >= 4 is 17.3 Å². The molecule has 76 valence electrons. The Kier molecular flexibility index (Phi) is 2.41. The molecule has 0 aliphatic heterocycles. The standard InChI is InChI=1S/C11H15ClN2/c1-14(8-11(13)5-6-11)10-4-2-3-9(12)7-10/h2-4,7H,5-6,8,13H2,1H3. The number of nitrogens with two attached hydrogens (primary N) is 1. The van der Waals surface area contributed by atoms with Gasteiger partial charge in [-0.3, -0.25) is 0 Å². The summed E-state index contributed by atoms with van der Waals surface area (Å²) in [5, 5.41) is 0.774. The average molecular weight is 211 g/mol. The van der Waals surface area contributed by atoms with Crippen molar-refractivity contribution in [3.63, 3.8) is 0 Å². The summed E-state index contributed by atoms with van der Waals surface area (Å²) >= 11 is 5.92. The number of hydrogen-bond acceptors (Lipinski definition) is 2.